The molecule has 0 heterocycles. The number of nitrogens with one attached hydrogen (secondary N) is 1. The minimum atomic E-state index is -3.61. The number of hydrogen-bond acceptors (Lipinski definition) is 4. The molecular weight excluding hydrogens is 371 g/mol. The lowest BCUT2D eigenvalue weighted by Gasteiger charge is -2.18. The second kappa shape index (κ2) is 8.06. The lowest BCUT2D eigenvalue weighted by Crippen LogP contribution is -2.31. The number of carbonyl (C=O) groups is 1. The number of nitrogens with zero attached hydrogens (tertiary/aromatic N) is 1. The molecule has 1 amide bonds. The van der Waals surface area contributed by atoms with Crippen LogP contribution in [0.3, 0.4) is 0 Å². The molecule has 1 aliphatic rings. The first kappa shape index (κ1) is 19.3. The van der Waals surface area contributed by atoms with Crippen LogP contribution in [-0.2, 0) is 10.0 Å². The van der Waals surface area contributed by atoms with Gasteiger partial charge in [0.1, 0.15) is 18.2 Å². The van der Waals surface area contributed by atoms with Gasteiger partial charge in [0.25, 0.3) is 5.91 Å². The number of halogens is 1. The van der Waals surface area contributed by atoms with Crippen molar-refractivity contribution in [1.82, 2.24) is 9.62 Å². The fraction of sp³-hybridized carbons (Fsp3) is 0.316. The Labute approximate surface area is 158 Å². The van der Waals surface area contributed by atoms with Crippen molar-refractivity contribution in [1.29, 1.82) is 0 Å². The Hall–Kier alpha value is -2.45. The number of amides is 1. The highest BCUT2D eigenvalue weighted by Gasteiger charge is 2.28. The number of rotatable bonds is 8. The Balaban J connectivity index is 1.59. The van der Waals surface area contributed by atoms with Gasteiger partial charge in [-0.3, -0.25) is 4.79 Å². The van der Waals surface area contributed by atoms with Crippen molar-refractivity contribution in [3.05, 3.63) is 59.9 Å². The Bertz CT molecular complexity index is 912. The van der Waals surface area contributed by atoms with Crippen LogP contribution in [0.5, 0.6) is 5.75 Å². The highest BCUT2D eigenvalue weighted by atomic mass is 32.2. The third-order valence-electron chi connectivity index (χ3n) is 4.15. The maximum Gasteiger partial charge on any atom is 0.253 e. The van der Waals surface area contributed by atoms with Crippen molar-refractivity contribution in [2.24, 2.45) is 0 Å². The van der Waals surface area contributed by atoms with Gasteiger partial charge in [0.05, 0.1) is 11.4 Å². The summed E-state index contributed by atoms with van der Waals surface area (Å²) in [5.41, 5.74) is 0.290. The molecule has 1 N–H and O–H groups in total. The largest absolute Gasteiger partial charge is 0.492 e. The van der Waals surface area contributed by atoms with E-state index in [1.165, 1.54) is 41.3 Å². The standard InChI is InChI=1S/C19H21FN2O4S/c1-22(11-12-26-17-9-5-15(20)6-10-17)19(23)14-3-2-4-18(13-14)27(24,25)21-16-7-8-16/h2-6,9-10,13,16,21H,7-8,11-12H2,1H3. The van der Waals surface area contributed by atoms with Crippen LogP contribution in [0.15, 0.2) is 53.4 Å². The molecule has 1 saturated carbocycles. The number of benzene rings is 2. The number of carbonyl (C=O) groups excluding carboxylic acids is 1. The zero-order valence-electron chi connectivity index (χ0n) is 14.9. The quantitative estimate of drug-likeness (QED) is 0.749. The SMILES string of the molecule is CN(CCOc1ccc(F)cc1)C(=O)c1cccc(S(=O)(=O)NC2CC2)c1. The molecule has 144 valence electrons. The zero-order valence-corrected chi connectivity index (χ0v) is 15.7. The summed E-state index contributed by atoms with van der Waals surface area (Å²) in [6, 6.07) is 11.6. The molecule has 0 bridgehead atoms. The highest BCUT2D eigenvalue weighted by molar-refractivity contribution is 7.89. The fourth-order valence-corrected chi connectivity index (χ4v) is 3.79. The van der Waals surface area contributed by atoms with Crippen LogP contribution in [0.4, 0.5) is 4.39 Å². The van der Waals surface area contributed by atoms with Crippen LogP contribution in [0.25, 0.3) is 0 Å². The second-order valence-electron chi connectivity index (χ2n) is 6.45. The molecule has 8 heteroatoms. The van der Waals surface area contributed by atoms with E-state index in [-0.39, 0.29) is 34.8 Å². The van der Waals surface area contributed by atoms with Gasteiger partial charge >= 0.3 is 0 Å². The summed E-state index contributed by atoms with van der Waals surface area (Å²) in [7, 11) is -2.00. The minimum Gasteiger partial charge on any atom is -0.492 e. The highest BCUT2D eigenvalue weighted by Crippen LogP contribution is 2.22. The Morgan fingerprint density at radius 1 is 1.22 bits per heavy atom. The first-order valence-corrected chi connectivity index (χ1v) is 10.1. The average molecular weight is 392 g/mol. The first-order valence-electron chi connectivity index (χ1n) is 8.61. The van der Waals surface area contributed by atoms with Crippen LogP contribution in [0, 0.1) is 5.82 Å². The van der Waals surface area contributed by atoms with Gasteiger partial charge in [-0.2, -0.15) is 0 Å². The van der Waals surface area contributed by atoms with E-state index in [9.17, 15) is 17.6 Å². The van der Waals surface area contributed by atoms with Crippen molar-refractivity contribution in [3.63, 3.8) is 0 Å². The maximum atomic E-state index is 12.9. The van der Waals surface area contributed by atoms with Crippen molar-refractivity contribution in [3.8, 4) is 5.75 Å². The lowest BCUT2D eigenvalue weighted by atomic mass is 10.2. The Morgan fingerprint density at radius 2 is 1.93 bits per heavy atom. The molecule has 3 rings (SSSR count). The van der Waals surface area contributed by atoms with Gasteiger partial charge in [0.2, 0.25) is 10.0 Å². The molecule has 1 aliphatic carbocycles. The molecule has 1 fully saturated rings. The summed E-state index contributed by atoms with van der Waals surface area (Å²) in [5, 5.41) is 0. The van der Waals surface area contributed by atoms with Crippen LogP contribution >= 0.6 is 0 Å². The monoisotopic (exact) mass is 392 g/mol. The summed E-state index contributed by atoms with van der Waals surface area (Å²) in [6.45, 7) is 0.530. The molecule has 0 aliphatic heterocycles. The predicted molar refractivity (Wildman–Crippen MR) is 98.6 cm³/mol. The van der Waals surface area contributed by atoms with Crippen molar-refractivity contribution >= 4 is 15.9 Å². The summed E-state index contributed by atoms with van der Waals surface area (Å²) < 4.78 is 45.5. The molecule has 2 aromatic rings. The number of ether oxygens (including phenoxy) is 1. The maximum absolute atomic E-state index is 12.9. The molecule has 2 aromatic carbocycles. The van der Waals surface area contributed by atoms with Crippen molar-refractivity contribution in [2.75, 3.05) is 20.2 Å². The molecule has 0 unspecified atom stereocenters. The molecule has 0 radical (unpaired) electrons. The topological polar surface area (TPSA) is 75.7 Å². The van der Waals surface area contributed by atoms with Gasteiger partial charge in [0.15, 0.2) is 0 Å². The van der Waals surface area contributed by atoms with Gasteiger partial charge in [-0.05, 0) is 55.3 Å². The van der Waals surface area contributed by atoms with Crippen LogP contribution in [0.2, 0.25) is 0 Å². The van der Waals surface area contributed by atoms with Gasteiger partial charge in [-0.25, -0.2) is 17.5 Å². The predicted octanol–water partition coefficient (Wildman–Crippen LogP) is 2.42. The van der Waals surface area contributed by atoms with Crippen LogP contribution in [-0.4, -0.2) is 45.5 Å². The van der Waals surface area contributed by atoms with E-state index in [4.69, 9.17) is 4.74 Å². The van der Waals surface area contributed by atoms with Crippen LogP contribution in [0.1, 0.15) is 23.2 Å². The van der Waals surface area contributed by atoms with E-state index in [1.807, 2.05) is 0 Å². The van der Waals surface area contributed by atoms with Gasteiger partial charge < -0.3 is 9.64 Å². The molecule has 0 atom stereocenters. The van der Waals surface area contributed by atoms with Crippen molar-refractivity contribution < 1.29 is 22.3 Å². The van der Waals surface area contributed by atoms with E-state index in [1.54, 1.807) is 19.2 Å². The normalized spacial score (nSPS) is 14.0. The number of likely N-dealkylation sites (N-methyl/N-ethyl adjacent to an activating group) is 1. The zero-order chi connectivity index (χ0) is 19.4. The summed E-state index contributed by atoms with van der Waals surface area (Å²) >= 11 is 0. The molecule has 0 saturated heterocycles. The van der Waals surface area contributed by atoms with E-state index < -0.39 is 10.0 Å². The third kappa shape index (κ3) is 5.27. The summed E-state index contributed by atoms with van der Waals surface area (Å²) in [6.07, 6.45) is 1.68. The fourth-order valence-electron chi connectivity index (χ4n) is 2.44. The van der Waals surface area contributed by atoms with E-state index in [0.29, 0.717) is 12.3 Å². The first-order chi connectivity index (χ1) is 12.8. The second-order valence-corrected chi connectivity index (χ2v) is 8.17. The Kier molecular flexibility index (Phi) is 5.76. The van der Waals surface area contributed by atoms with Gasteiger partial charge in [0, 0.05) is 18.7 Å². The molecule has 0 aromatic heterocycles. The van der Waals surface area contributed by atoms with Crippen LogP contribution < -0.4 is 9.46 Å². The molecular formula is C19H21FN2O4S. The van der Waals surface area contributed by atoms with E-state index in [0.717, 1.165) is 12.8 Å². The molecule has 0 spiro atoms. The van der Waals surface area contributed by atoms with Crippen molar-refractivity contribution in [2.45, 2.75) is 23.8 Å². The third-order valence-corrected chi connectivity index (χ3v) is 5.66. The van der Waals surface area contributed by atoms with E-state index in [2.05, 4.69) is 4.72 Å². The van der Waals surface area contributed by atoms with Gasteiger partial charge in [-0.15, -0.1) is 0 Å². The molecule has 6 nitrogen and oxygen atoms in total. The number of hydrogen-bond donors (Lipinski definition) is 1. The van der Waals surface area contributed by atoms with Gasteiger partial charge in [-0.1, -0.05) is 6.07 Å². The van der Waals surface area contributed by atoms with E-state index >= 15 is 0 Å². The summed E-state index contributed by atoms with van der Waals surface area (Å²) in [5.74, 6) is -0.140. The molecule has 27 heavy (non-hydrogen) atoms. The average Bonchev–Trinajstić information content (AvgIpc) is 3.46. The number of sulfonamides is 1. The lowest BCUT2D eigenvalue weighted by molar-refractivity contribution is 0.0773. The smallest absolute Gasteiger partial charge is 0.253 e. The summed E-state index contributed by atoms with van der Waals surface area (Å²) in [4.78, 5) is 14.1. The minimum absolute atomic E-state index is 0.000594. The Morgan fingerprint density at radius 3 is 2.59 bits per heavy atom.